The molecule has 0 atom stereocenters. The molecule has 5 heteroatoms. The third-order valence-corrected chi connectivity index (χ3v) is 4.38. The summed E-state index contributed by atoms with van der Waals surface area (Å²) in [4.78, 5) is 0. The maximum atomic E-state index is 9.38. The number of nitrogens with zero attached hydrogens (tertiary/aromatic N) is 1. The summed E-state index contributed by atoms with van der Waals surface area (Å²) in [6, 6.07) is 18.1. The van der Waals surface area contributed by atoms with Crippen molar-refractivity contribution >= 4 is 46.5 Å². The minimum atomic E-state index is 0.460. The zero-order valence-electron chi connectivity index (χ0n) is 12.3. The molecule has 0 aliphatic rings. The van der Waals surface area contributed by atoms with Crippen LogP contribution in [0.5, 0.6) is 0 Å². The summed E-state index contributed by atoms with van der Waals surface area (Å²) >= 11 is 17.8. The van der Waals surface area contributed by atoms with Crippen molar-refractivity contribution in [3.63, 3.8) is 0 Å². The Morgan fingerprint density at radius 3 is 2.33 bits per heavy atom. The highest BCUT2D eigenvalue weighted by Gasteiger charge is 2.08. The topological polar surface area (TPSA) is 36.9 Å². The summed E-state index contributed by atoms with van der Waals surface area (Å²) in [7, 11) is 0. The van der Waals surface area contributed by atoms with Crippen molar-refractivity contribution in [2.24, 2.45) is 0 Å². The van der Waals surface area contributed by atoms with Crippen LogP contribution in [0, 0.1) is 11.3 Å². The van der Waals surface area contributed by atoms with E-state index in [4.69, 9.17) is 39.2 Å². The average Bonchev–Trinajstić information content (AvgIpc) is 3.05. The number of benzene rings is 2. The Morgan fingerprint density at radius 2 is 1.67 bits per heavy atom. The fourth-order valence-corrected chi connectivity index (χ4v) is 2.61. The molecular weight excluding hydrogens is 365 g/mol. The van der Waals surface area contributed by atoms with Gasteiger partial charge in [-0.25, -0.2) is 0 Å². The van der Waals surface area contributed by atoms with Crippen LogP contribution in [0.2, 0.25) is 15.1 Å². The van der Waals surface area contributed by atoms with Crippen molar-refractivity contribution in [2.45, 2.75) is 0 Å². The van der Waals surface area contributed by atoms with Crippen molar-refractivity contribution in [2.75, 3.05) is 0 Å². The maximum Gasteiger partial charge on any atom is 0.134 e. The van der Waals surface area contributed by atoms with Crippen LogP contribution in [0.1, 0.15) is 11.3 Å². The molecule has 118 valence electrons. The predicted octanol–water partition coefficient (Wildman–Crippen LogP) is 6.97. The van der Waals surface area contributed by atoms with Crippen LogP contribution >= 0.6 is 34.8 Å². The third kappa shape index (κ3) is 3.66. The number of allylic oxidation sites excluding steroid dienone is 1. The monoisotopic (exact) mass is 373 g/mol. The number of furan rings is 1. The number of nitriles is 1. The number of hydrogen-bond donors (Lipinski definition) is 0. The Bertz CT molecular complexity index is 949. The highest BCUT2D eigenvalue weighted by Crippen LogP contribution is 2.30. The summed E-state index contributed by atoms with van der Waals surface area (Å²) in [5.74, 6) is 1.22. The van der Waals surface area contributed by atoms with E-state index in [9.17, 15) is 5.26 Å². The van der Waals surface area contributed by atoms with Gasteiger partial charge in [-0.05, 0) is 54.1 Å². The van der Waals surface area contributed by atoms with Gasteiger partial charge in [-0.3, -0.25) is 0 Å². The van der Waals surface area contributed by atoms with Crippen LogP contribution in [0.4, 0.5) is 0 Å². The fraction of sp³-hybridized carbons (Fsp3) is 0. The fourth-order valence-electron chi connectivity index (χ4n) is 2.19. The zero-order valence-corrected chi connectivity index (χ0v) is 14.5. The van der Waals surface area contributed by atoms with E-state index >= 15 is 0 Å². The number of hydrogen-bond acceptors (Lipinski definition) is 2. The highest BCUT2D eigenvalue weighted by atomic mass is 35.5. The molecule has 3 rings (SSSR count). The molecule has 0 N–H and O–H groups in total. The highest BCUT2D eigenvalue weighted by molar-refractivity contribution is 6.42. The summed E-state index contributed by atoms with van der Waals surface area (Å²) < 4.78 is 5.79. The van der Waals surface area contributed by atoms with Crippen molar-refractivity contribution < 1.29 is 4.42 Å². The lowest BCUT2D eigenvalue weighted by Gasteiger charge is -2.00. The zero-order chi connectivity index (χ0) is 17.1. The number of halogens is 3. The molecule has 2 aromatic carbocycles. The second-order valence-electron chi connectivity index (χ2n) is 5.01. The van der Waals surface area contributed by atoms with Crippen LogP contribution in [0.3, 0.4) is 0 Å². The summed E-state index contributed by atoms with van der Waals surface area (Å²) in [5, 5.41) is 10.9. The Balaban J connectivity index is 1.93. The lowest BCUT2D eigenvalue weighted by molar-refractivity contribution is 0.572. The molecule has 1 aromatic heterocycles. The van der Waals surface area contributed by atoms with E-state index < -0.39 is 0 Å². The van der Waals surface area contributed by atoms with E-state index in [-0.39, 0.29) is 0 Å². The number of rotatable bonds is 3. The average molecular weight is 375 g/mol. The summed E-state index contributed by atoms with van der Waals surface area (Å²) in [6.07, 6.45) is 1.68. The molecular formula is C19H10Cl3NO. The molecule has 0 spiro atoms. The van der Waals surface area contributed by atoms with E-state index in [0.29, 0.717) is 32.2 Å². The van der Waals surface area contributed by atoms with Gasteiger partial charge in [0, 0.05) is 10.6 Å². The van der Waals surface area contributed by atoms with E-state index in [1.54, 1.807) is 48.5 Å². The molecule has 0 aliphatic heterocycles. The van der Waals surface area contributed by atoms with Gasteiger partial charge >= 0.3 is 0 Å². The van der Waals surface area contributed by atoms with Crippen molar-refractivity contribution in [3.8, 4) is 17.4 Å². The third-order valence-electron chi connectivity index (χ3n) is 3.39. The summed E-state index contributed by atoms with van der Waals surface area (Å²) in [5.41, 5.74) is 2.07. The molecule has 0 fully saturated rings. The molecule has 0 unspecified atom stereocenters. The normalized spacial score (nSPS) is 11.3. The molecule has 2 nitrogen and oxygen atoms in total. The van der Waals surface area contributed by atoms with Gasteiger partial charge in [-0.1, -0.05) is 46.9 Å². The first-order chi connectivity index (χ1) is 11.6. The Labute approximate surface area is 154 Å². The smallest absolute Gasteiger partial charge is 0.134 e. The molecule has 0 aliphatic carbocycles. The van der Waals surface area contributed by atoms with Crippen molar-refractivity contribution in [1.29, 1.82) is 5.26 Å². The van der Waals surface area contributed by atoms with Crippen molar-refractivity contribution in [1.82, 2.24) is 0 Å². The second-order valence-corrected chi connectivity index (χ2v) is 6.26. The van der Waals surface area contributed by atoms with Gasteiger partial charge in [0.2, 0.25) is 0 Å². The second kappa shape index (κ2) is 7.15. The van der Waals surface area contributed by atoms with Crippen LogP contribution in [0.15, 0.2) is 59.0 Å². The molecule has 0 saturated carbocycles. The molecule has 0 amide bonds. The first kappa shape index (κ1) is 16.7. The van der Waals surface area contributed by atoms with Crippen LogP contribution < -0.4 is 0 Å². The standard InChI is InChI=1S/C19H10Cl3NO/c20-15-4-1-12(2-5-15)14(11-23)9-16-6-8-19(24-16)13-3-7-17(21)18(22)10-13/h1-10H. The molecule has 3 aromatic rings. The van der Waals surface area contributed by atoms with E-state index in [1.165, 1.54) is 0 Å². The quantitative estimate of drug-likeness (QED) is 0.464. The van der Waals surface area contributed by atoms with E-state index in [0.717, 1.165) is 11.1 Å². The molecule has 0 radical (unpaired) electrons. The first-order valence-electron chi connectivity index (χ1n) is 7.00. The Morgan fingerprint density at radius 1 is 0.917 bits per heavy atom. The minimum absolute atomic E-state index is 0.460. The lowest BCUT2D eigenvalue weighted by atomic mass is 10.1. The molecule has 1 heterocycles. The van der Waals surface area contributed by atoms with E-state index in [2.05, 4.69) is 6.07 Å². The van der Waals surface area contributed by atoms with Gasteiger partial charge < -0.3 is 4.42 Å². The Hall–Kier alpha value is -2.18. The minimum Gasteiger partial charge on any atom is -0.457 e. The van der Waals surface area contributed by atoms with Crippen LogP contribution in [0.25, 0.3) is 23.0 Å². The molecule has 24 heavy (non-hydrogen) atoms. The SMILES string of the molecule is N#CC(=Cc1ccc(-c2ccc(Cl)c(Cl)c2)o1)c1ccc(Cl)cc1. The maximum absolute atomic E-state index is 9.38. The first-order valence-corrected chi connectivity index (χ1v) is 8.13. The van der Waals surface area contributed by atoms with Gasteiger partial charge in [-0.2, -0.15) is 5.26 Å². The van der Waals surface area contributed by atoms with E-state index in [1.807, 2.05) is 12.1 Å². The van der Waals surface area contributed by atoms with Gasteiger partial charge in [0.1, 0.15) is 11.5 Å². The summed E-state index contributed by atoms with van der Waals surface area (Å²) in [6.45, 7) is 0. The van der Waals surface area contributed by atoms with Gasteiger partial charge in [0.25, 0.3) is 0 Å². The largest absolute Gasteiger partial charge is 0.457 e. The van der Waals surface area contributed by atoms with Gasteiger partial charge in [0.15, 0.2) is 0 Å². The lowest BCUT2D eigenvalue weighted by Crippen LogP contribution is -1.80. The van der Waals surface area contributed by atoms with Gasteiger partial charge in [0.05, 0.1) is 21.7 Å². The van der Waals surface area contributed by atoms with Crippen LogP contribution in [-0.4, -0.2) is 0 Å². The van der Waals surface area contributed by atoms with Crippen molar-refractivity contribution in [3.05, 3.63) is 81.0 Å². The van der Waals surface area contributed by atoms with Crippen LogP contribution in [-0.2, 0) is 0 Å². The Kier molecular flexibility index (Phi) is 4.97. The molecule has 0 saturated heterocycles. The van der Waals surface area contributed by atoms with Gasteiger partial charge in [-0.15, -0.1) is 0 Å². The molecule has 0 bridgehead atoms. The predicted molar refractivity (Wildman–Crippen MR) is 99.1 cm³/mol.